The minimum absolute atomic E-state index is 0.0551. The Balaban J connectivity index is 0.000000239. The van der Waals surface area contributed by atoms with Crippen molar-refractivity contribution in [2.24, 2.45) is 64.8 Å². The summed E-state index contributed by atoms with van der Waals surface area (Å²) in [5.41, 5.74) is 26.1. The van der Waals surface area contributed by atoms with Gasteiger partial charge in [-0.2, -0.15) is 0 Å². The van der Waals surface area contributed by atoms with Gasteiger partial charge >= 0.3 is 0 Å². The molecule has 0 aliphatic heterocycles. The summed E-state index contributed by atoms with van der Waals surface area (Å²) < 4.78 is 97.2. The molecule has 0 fully saturated rings. The zero-order valence-electron chi connectivity index (χ0n) is 74.9. The second-order valence-electron chi connectivity index (χ2n) is 28.1. The number of rotatable bonds is 15. The van der Waals surface area contributed by atoms with Gasteiger partial charge in [0.25, 0.3) is 0 Å². The summed E-state index contributed by atoms with van der Waals surface area (Å²) in [5, 5.41) is 0. The third-order valence-corrected chi connectivity index (χ3v) is 16.5. The summed E-state index contributed by atoms with van der Waals surface area (Å²) in [7, 11) is 10.1. The van der Waals surface area contributed by atoms with E-state index in [4.69, 9.17) is 15.1 Å². The summed E-state index contributed by atoms with van der Waals surface area (Å²) in [6.07, 6.45) is 8.22. The van der Waals surface area contributed by atoms with Gasteiger partial charge in [-0.1, -0.05) is 179 Å². The Hall–Kier alpha value is -8.15. The molecule has 5 aromatic heterocycles. The Labute approximate surface area is 606 Å². The third-order valence-electron chi connectivity index (χ3n) is 16.5. The maximum Gasteiger partial charge on any atom is 0.212 e. The van der Waals surface area contributed by atoms with Gasteiger partial charge < -0.3 is 0 Å². The fourth-order valence-electron chi connectivity index (χ4n) is 11.9. The zero-order valence-corrected chi connectivity index (χ0v) is 63.9. The monoisotopic (exact) mass is 1310 g/mol. The Morgan fingerprint density at radius 3 is 1.10 bits per heavy atom. The van der Waals surface area contributed by atoms with Crippen molar-refractivity contribution in [1.29, 1.82) is 0 Å². The molecule has 5 heterocycles. The second kappa shape index (κ2) is 38.7. The number of hydrogen-bond acceptors (Lipinski definition) is 0. The fourth-order valence-corrected chi connectivity index (χ4v) is 11.9. The lowest BCUT2D eigenvalue weighted by atomic mass is 9.97. The van der Waals surface area contributed by atoms with E-state index < -0.39 is 26.0 Å². The molecule has 5 heteroatoms. The number of benzene rings is 5. The summed E-state index contributed by atoms with van der Waals surface area (Å²) in [6, 6.07) is 51.4. The second-order valence-corrected chi connectivity index (χ2v) is 28.1. The predicted molar refractivity (Wildman–Crippen MR) is 417 cm³/mol. The van der Waals surface area contributed by atoms with E-state index >= 15 is 0 Å². The molecule has 0 aliphatic carbocycles. The predicted octanol–water partition coefficient (Wildman–Crippen LogP) is 21.1. The molecule has 514 valence electrons. The van der Waals surface area contributed by atoms with Gasteiger partial charge in [-0.05, 0) is 211 Å². The molecule has 0 spiro atoms. The molecule has 0 amide bonds. The van der Waals surface area contributed by atoms with Gasteiger partial charge in [-0.25, -0.2) is 22.8 Å². The Bertz CT molecular complexity index is 4520. The van der Waals surface area contributed by atoms with Crippen LogP contribution < -0.4 is 22.8 Å². The van der Waals surface area contributed by atoms with Crippen molar-refractivity contribution in [3.05, 3.63) is 267 Å². The first-order valence-electron chi connectivity index (χ1n) is 40.5. The van der Waals surface area contributed by atoms with Crippen LogP contribution in [0.5, 0.6) is 0 Å². The number of nitrogens with zero attached hydrogens (tertiary/aromatic N) is 5. The van der Waals surface area contributed by atoms with Crippen molar-refractivity contribution in [3.63, 3.8) is 0 Å². The van der Waals surface area contributed by atoms with E-state index in [1.165, 1.54) is 67.0 Å². The van der Waals surface area contributed by atoms with Crippen LogP contribution in [0.15, 0.2) is 189 Å². The third kappa shape index (κ3) is 24.7. The van der Waals surface area contributed by atoms with Crippen molar-refractivity contribution in [3.8, 4) is 56.3 Å². The van der Waals surface area contributed by atoms with E-state index in [9.17, 15) is 0 Å². The topological polar surface area (TPSA) is 19.4 Å². The standard InChI is InChI=1S/4C18H24N.C17H22N.C3H8/c2*1-13(2)10-16-7-9-18(19(5)12-16)17-8-6-14(3)11-15(17)4;2*1-13(2)10-16-12-19(5)18(11-15(16)4)17-9-7-6-8-14(17)3;1-13(2)11-15-9-10-17(18(4)12-15)16-8-6-5-7-14(16)3;1-3-2/h4*6-9,11-13H,10H2,1-5H3;5-10,12-13H,11H2,1-4H3;3H2,1-2H3/q5*+1;/i3D3,10D2;;10D2;;9D,11D2;3D. The summed E-state index contributed by atoms with van der Waals surface area (Å²) in [4.78, 5) is 0. The lowest BCUT2D eigenvalue weighted by Gasteiger charge is -2.10. The molecule has 0 bridgehead atoms. The van der Waals surface area contributed by atoms with Crippen molar-refractivity contribution in [1.82, 2.24) is 0 Å². The van der Waals surface area contributed by atoms with Crippen LogP contribution in [0.4, 0.5) is 0 Å². The van der Waals surface area contributed by atoms with Crippen molar-refractivity contribution >= 4 is 0 Å². The van der Waals surface area contributed by atoms with E-state index in [0.717, 1.165) is 63.3 Å². The van der Waals surface area contributed by atoms with E-state index in [2.05, 4.69) is 177 Å². The highest BCUT2D eigenvalue weighted by molar-refractivity contribution is 5.65. The van der Waals surface area contributed by atoms with Crippen LogP contribution in [-0.2, 0) is 67.2 Å². The normalized spacial score (nSPS) is 13.2. The van der Waals surface area contributed by atoms with E-state index in [0.29, 0.717) is 28.5 Å². The lowest BCUT2D eigenvalue weighted by molar-refractivity contribution is -0.661. The smallest absolute Gasteiger partial charge is 0.201 e. The number of hydrogen-bond donors (Lipinski definition) is 0. The molecule has 5 aromatic carbocycles. The molecular weight excluding hydrogens is 1180 g/mol. The molecule has 5 nitrogen and oxygen atoms in total. The summed E-state index contributed by atoms with van der Waals surface area (Å²) in [6.45, 7) is 38.7. The van der Waals surface area contributed by atoms with Crippen LogP contribution in [0.25, 0.3) is 56.3 Å². The van der Waals surface area contributed by atoms with Gasteiger partial charge in [0.05, 0.1) is 1.37 Å². The van der Waals surface area contributed by atoms with Gasteiger partial charge in [0.1, 0.15) is 35.2 Å². The number of aromatic nitrogens is 5. The quantitative estimate of drug-likeness (QED) is 0.0912. The minimum Gasteiger partial charge on any atom is -0.201 e. The molecule has 97 heavy (non-hydrogen) atoms. The highest BCUT2D eigenvalue weighted by Crippen LogP contribution is 2.27. The minimum atomic E-state index is -2.11. The van der Waals surface area contributed by atoms with Crippen molar-refractivity contribution < 1.29 is 37.9 Å². The van der Waals surface area contributed by atoms with Gasteiger partial charge in [0, 0.05) is 99.7 Å². The molecule has 0 saturated carbocycles. The lowest BCUT2D eigenvalue weighted by Crippen LogP contribution is -2.32. The molecule has 0 aliphatic rings. The van der Waals surface area contributed by atoms with Crippen LogP contribution >= 0.6 is 0 Å². The zero-order chi connectivity index (χ0) is 81.4. The summed E-state index contributed by atoms with van der Waals surface area (Å²) >= 11 is 0. The maximum atomic E-state index is 8.33. The average molecular weight is 1310 g/mol. The number of pyridine rings is 5. The molecule has 0 atom stereocenters. The SMILES string of the molecule is Cc1cc(-c2ccccc2C)[n+](C)cc1CC(C)C.Cc1ccc(-c2ccc(CC(C)C)c[n+]2C)c(C)c1.[2H]C(C)C.[2H]C([2H])([2H])c1ccc(-c2ccc(C([2H])([2H])C(C)C)c[n+]2C)c(C)c1.[2H]C([2H])(c1c[n+](C)c(-c2ccccc2C)cc1C)C(C)C.[2H]c1cc(-c2ccccc2C)[n+](C)cc1C([2H])([2H])C(C)C. The first-order valence-corrected chi connectivity index (χ1v) is 34.9. The van der Waals surface area contributed by atoms with Crippen molar-refractivity contribution in [2.45, 2.75) is 184 Å². The van der Waals surface area contributed by atoms with Crippen LogP contribution in [-0.4, -0.2) is 0 Å². The van der Waals surface area contributed by atoms with Gasteiger partial charge in [-0.3, -0.25) is 0 Å². The van der Waals surface area contributed by atoms with Crippen LogP contribution in [0, 0.1) is 91.8 Å². The fraction of sp³-hybridized carbons (Fsp3) is 0.402. The van der Waals surface area contributed by atoms with Gasteiger partial charge in [-0.15, -0.1) is 0 Å². The molecule has 10 rings (SSSR count). The Morgan fingerprint density at radius 1 is 0.320 bits per heavy atom. The van der Waals surface area contributed by atoms with E-state index in [-0.39, 0.29) is 30.2 Å². The van der Waals surface area contributed by atoms with Crippen LogP contribution in [0.3, 0.4) is 0 Å². The summed E-state index contributed by atoms with van der Waals surface area (Å²) in [5.74, 6) is 1.05. The van der Waals surface area contributed by atoms with Crippen molar-refractivity contribution in [2.75, 3.05) is 0 Å². The first-order chi connectivity index (χ1) is 50.1. The van der Waals surface area contributed by atoms with Gasteiger partial charge in [0.15, 0.2) is 31.0 Å². The Morgan fingerprint density at radius 2 is 0.670 bits per heavy atom. The average Bonchev–Trinajstić information content (AvgIpc) is 0.791. The molecule has 0 radical (unpaired) electrons. The first kappa shape index (κ1) is 63.6. The highest BCUT2D eigenvalue weighted by atomic mass is 14.9. The maximum absolute atomic E-state index is 8.33. The van der Waals surface area contributed by atoms with E-state index in [1.54, 1.807) is 24.4 Å². The van der Waals surface area contributed by atoms with E-state index in [1.807, 2.05) is 178 Å². The largest absolute Gasteiger partial charge is 0.212 e. The highest BCUT2D eigenvalue weighted by Gasteiger charge is 2.20. The molecule has 0 N–H and O–H groups in total. The Kier molecular flexibility index (Phi) is 25.4. The van der Waals surface area contributed by atoms with Gasteiger partial charge in [0.2, 0.25) is 28.5 Å². The molecular formula is C92H126N5+5. The van der Waals surface area contributed by atoms with Crippen LogP contribution in [0.1, 0.15) is 182 Å². The molecule has 10 aromatic rings. The molecule has 0 unspecified atom stereocenters. The molecule has 0 saturated heterocycles. The van der Waals surface area contributed by atoms with Crippen LogP contribution in [0.2, 0.25) is 0 Å². The number of aryl methyl sites for hydroxylation is 14.